The van der Waals surface area contributed by atoms with E-state index in [9.17, 15) is 0 Å². The van der Waals surface area contributed by atoms with Crippen LogP contribution in [0.3, 0.4) is 0 Å². The lowest BCUT2D eigenvalue weighted by Crippen LogP contribution is -2.49. The standard InChI is InChI=1S/C14H28N2/c1-12(2)16-10-5-4-7-13(16)11-14(3)8-6-9-15-14/h12-13,15H,4-11H2,1-3H3. The number of hydrogen-bond acceptors (Lipinski definition) is 2. The largest absolute Gasteiger partial charge is 0.311 e. The van der Waals surface area contributed by atoms with E-state index in [0.717, 1.165) is 12.1 Å². The van der Waals surface area contributed by atoms with Crippen LogP contribution >= 0.6 is 0 Å². The third-order valence-electron chi connectivity index (χ3n) is 4.48. The van der Waals surface area contributed by atoms with Gasteiger partial charge in [-0.3, -0.25) is 4.90 Å². The first kappa shape index (κ1) is 12.4. The molecule has 2 unspecified atom stereocenters. The summed E-state index contributed by atoms with van der Waals surface area (Å²) in [4.78, 5) is 2.73. The monoisotopic (exact) mass is 224 g/mol. The normalized spacial score (nSPS) is 37.1. The van der Waals surface area contributed by atoms with E-state index in [1.807, 2.05) is 0 Å². The number of nitrogens with zero attached hydrogens (tertiary/aromatic N) is 1. The first-order valence-corrected chi connectivity index (χ1v) is 7.11. The van der Waals surface area contributed by atoms with Gasteiger partial charge in [-0.1, -0.05) is 6.42 Å². The Bertz CT molecular complexity index is 219. The third kappa shape index (κ3) is 2.78. The minimum atomic E-state index is 0.426. The summed E-state index contributed by atoms with van der Waals surface area (Å²) in [5.41, 5.74) is 0.426. The number of nitrogens with one attached hydrogen (secondary N) is 1. The molecule has 2 heterocycles. The van der Waals surface area contributed by atoms with Crippen LogP contribution in [0.5, 0.6) is 0 Å². The maximum Gasteiger partial charge on any atom is 0.0168 e. The van der Waals surface area contributed by atoms with Gasteiger partial charge in [0.15, 0.2) is 0 Å². The lowest BCUT2D eigenvalue weighted by molar-refractivity contribution is 0.0861. The van der Waals surface area contributed by atoms with Crippen LogP contribution in [0.15, 0.2) is 0 Å². The summed E-state index contributed by atoms with van der Waals surface area (Å²) in [5.74, 6) is 0. The predicted octanol–water partition coefficient (Wildman–Crippen LogP) is 2.78. The molecule has 0 aromatic carbocycles. The van der Waals surface area contributed by atoms with Gasteiger partial charge < -0.3 is 5.32 Å². The molecule has 16 heavy (non-hydrogen) atoms. The van der Waals surface area contributed by atoms with Gasteiger partial charge in [0.1, 0.15) is 0 Å². The van der Waals surface area contributed by atoms with Gasteiger partial charge in [-0.05, 0) is 66.0 Å². The zero-order valence-electron chi connectivity index (χ0n) is 11.3. The second-order valence-corrected chi connectivity index (χ2v) is 6.28. The topological polar surface area (TPSA) is 15.3 Å². The van der Waals surface area contributed by atoms with Gasteiger partial charge in [-0.15, -0.1) is 0 Å². The molecule has 1 N–H and O–H groups in total. The van der Waals surface area contributed by atoms with Crippen molar-refractivity contribution in [1.82, 2.24) is 10.2 Å². The first-order chi connectivity index (χ1) is 7.61. The average Bonchev–Trinajstić information content (AvgIpc) is 2.65. The maximum atomic E-state index is 3.71. The molecule has 2 heteroatoms. The predicted molar refractivity (Wildman–Crippen MR) is 69.7 cm³/mol. The molecule has 2 nitrogen and oxygen atoms in total. The van der Waals surface area contributed by atoms with E-state index in [1.165, 1.54) is 51.6 Å². The second-order valence-electron chi connectivity index (χ2n) is 6.28. The van der Waals surface area contributed by atoms with Gasteiger partial charge in [-0.25, -0.2) is 0 Å². The number of hydrogen-bond donors (Lipinski definition) is 1. The van der Waals surface area contributed by atoms with Gasteiger partial charge in [0.25, 0.3) is 0 Å². The molecule has 0 aliphatic carbocycles. The molecule has 0 spiro atoms. The van der Waals surface area contributed by atoms with Crippen LogP contribution in [0.25, 0.3) is 0 Å². The van der Waals surface area contributed by atoms with Crippen LogP contribution in [-0.4, -0.2) is 35.6 Å². The van der Waals surface area contributed by atoms with Crippen LogP contribution in [0.1, 0.15) is 59.3 Å². The molecule has 2 aliphatic heterocycles. The molecule has 94 valence electrons. The van der Waals surface area contributed by atoms with Crippen molar-refractivity contribution in [3.05, 3.63) is 0 Å². The summed E-state index contributed by atoms with van der Waals surface area (Å²) < 4.78 is 0. The molecule has 0 saturated carbocycles. The smallest absolute Gasteiger partial charge is 0.0168 e. The molecule has 0 aromatic heterocycles. The SMILES string of the molecule is CC(C)N1CCCCC1CC1(C)CCCN1. The van der Waals surface area contributed by atoms with E-state index in [1.54, 1.807) is 0 Å². The summed E-state index contributed by atoms with van der Waals surface area (Å²) in [6.07, 6.45) is 8.34. The van der Waals surface area contributed by atoms with Crippen molar-refractivity contribution in [3.63, 3.8) is 0 Å². The molecular formula is C14H28N2. The Morgan fingerprint density at radius 3 is 2.75 bits per heavy atom. The molecule has 0 radical (unpaired) electrons. The highest BCUT2D eigenvalue weighted by Gasteiger charge is 2.34. The molecule has 2 atom stereocenters. The molecule has 2 saturated heterocycles. The van der Waals surface area contributed by atoms with Crippen molar-refractivity contribution in [2.24, 2.45) is 0 Å². The minimum absolute atomic E-state index is 0.426. The fourth-order valence-electron chi connectivity index (χ4n) is 3.57. The molecule has 0 bridgehead atoms. The van der Waals surface area contributed by atoms with Gasteiger partial charge in [0, 0.05) is 17.6 Å². The Balaban J connectivity index is 1.95. The highest BCUT2D eigenvalue weighted by Crippen LogP contribution is 2.30. The molecule has 2 fully saturated rings. The number of rotatable bonds is 3. The Hall–Kier alpha value is -0.0800. The van der Waals surface area contributed by atoms with Crippen molar-refractivity contribution in [2.75, 3.05) is 13.1 Å². The van der Waals surface area contributed by atoms with Crippen molar-refractivity contribution < 1.29 is 0 Å². The van der Waals surface area contributed by atoms with Crippen LogP contribution in [0.2, 0.25) is 0 Å². The van der Waals surface area contributed by atoms with Gasteiger partial charge in [0.05, 0.1) is 0 Å². The first-order valence-electron chi connectivity index (χ1n) is 7.11. The van der Waals surface area contributed by atoms with Gasteiger partial charge in [0.2, 0.25) is 0 Å². The van der Waals surface area contributed by atoms with E-state index in [-0.39, 0.29) is 0 Å². The average molecular weight is 224 g/mol. The van der Waals surface area contributed by atoms with Crippen molar-refractivity contribution in [2.45, 2.75) is 76.9 Å². The van der Waals surface area contributed by atoms with Crippen LogP contribution < -0.4 is 5.32 Å². The van der Waals surface area contributed by atoms with Crippen LogP contribution in [0.4, 0.5) is 0 Å². The Labute approximate surface area is 101 Å². The molecule has 2 aliphatic rings. The Morgan fingerprint density at radius 2 is 2.12 bits per heavy atom. The van der Waals surface area contributed by atoms with E-state index < -0.39 is 0 Å². The molecule has 2 rings (SSSR count). The lowest BCUT2D eigenvalue weighted by Gasteiger charge is -2.42. The molecular weight excluding hydrogens is 196 g/mol. The van der Waals surface area contributed by atoms with Crippen molar-refractivity contribution in [1.29, 1.82) is 0 Å². The summed E-state index contributed by atoms with van der Waals surface area (Å²) >= 11 is 0. The van der Waals surface area contributed by atoms with Crippen LogP contribution in [-0.2, 0) is 0 Å². The van der Waals surface area contributed by atoms with E-state index in [2.05, 4.69) is 31.0 Å². The van der Waals surface area contributed by atoms with E-state index in [4.69, 9.17) is 0 Å². The highest BCUT2D eigenvalue weighted by atomic mass is 15.2. The highest BCUT2D eigenvalue weighted by molar-refractivity contribution is 4.94. The summed E-state index contributed by atoms with van der Waals surface area (Å²) in [6.45, 7) is 9.67. The van der Waals surface area contributed by atoms with E-state index >= 15 is 0 Å². The summed E-state index contributed by atoms with van der Waals surface area (Å²) in [7, 11) is 0. The van der Waals surface area contributed by atoms with Gasteiger partial charge in [-0.2, -0.15) is 0 Å². The van der Waals surface area contributed by atoms with E-state index in [0.29, 0.717) is 5.54 Å². The second kappa shape index (κ2) is 5.05. The fourth-order valence-corrected chi connectivity index (χ4v) is 3.57. The lowest BCUT2D eigenvalue weighted by atomic mass is 9.86. The fraction of sp³-hybridized carbons (Fsp3) is 1.00. The quantitative estimate of drug-likeness (QED) is 0.793. The molecule has 0 aromatic rings. The van der Waals surface area contributed by atoms with Gasteiger partial charge >= 0.3 is 0 Å². The maximum absolute atomic E-state index is 3.71. The third-order valence-corrected chi connectivity index (χ3v) is 4.48. The van der Waals surface area contributed by atoms with Crippen molar-refractivity contribution >= 4 is 0 Å². The Morgan fingerprint density at radius 1 is 1.31 bits per heavy atom. The number of likely N-dealkylation sites (tertiary alicyclic amines) is 1. The molecule has 0 amide bonds. The Kier molecular flexibility index (Phi) is 3.91. The van der Waals surface area contributed by atoms with Crippen molar-refractivity contribution in [3.8, 4) is 0 Å². The zero-order valence-corrected chi connectivity index (χ0v) is 11.3. The summed E-state index contributed by atoms with van der Waals surface area (Å²) in [6, 6.07) is 1.54. The van der Waals surface area contributed by atoms with Crippen LogP contribution in [0, 0.1) is 0 Å². The minimum Gasteiger partial charge on any atom is -0.311 e. The summed E-state index contributed by atoms with van der Waals surface area (Å²) in [5, 5.41) is 3.71. The number of piperidine rings is 1. The zero-order chi connectivity index (χ0) is 11.6.